The van der Waals surface area contributed by atoms with Crippen LogP contribution < -0.4 is 11.5 Å². The third-order valence-electron chi connectivity index (χ3n) is 7.32. The summed E-state index contributed by atoms with van der Waals surface area (Å²) in [6.07, 6.45) is 4.55. The van der Waals surface area contributed by atoms with E-state index < -0.39 is 0 Å². The van der Waals surface area contributed by atoms with Gasteiger partial charge in [0.1, 0.15) is 0 Å². The molecule has 0 radical (unpaired) electrons. The van der Waals surface area contributed by atoms with Gasteiger partial charge in [0.25, 0.3) is 0 Å². The third kappa shape index (κ3) is 3.76. The van der Waals surface area contributed by atoms with Crippen LogP contribution in [0.25, 0.3) is 0 Å². The fourth-order valence-electron chi connectivity index (χ4n) is 5.19. The van der Waals surface area contributed by atoms with E-state index in [1.54, 1.807) is 0 Å². The first kappa shape index (κ1) is 19.2. The average molecular weight is 327 g/mol. The van der Waals surface area contributed by atoms with E-state index in [-0.39, 0.29) is 24.3 Å². The van der Waals surface area contributed by atoms with Crippen LogP contribution in [0.4, 0.5) is 0 Å². The van der Waals surface area contributed by atoms with Gasteiger partial charge in [-0.15, -0.1) is 0 Å². The van der Waals surface area contributed by atoms with Crippen molar-refractivity contribution in [3.05, 3.63) is 0 Å². The fraction of sp³-hybridized carbons (Fsp3) is 1.00. The van der Waals surface area contributed by atoms with Crippen molar-refractivity contribution in [3.8, 4) is 0 Å². The Kier molecular flexibility index (Phi) is 6.51. The van der Waals surface area contributed by atoms with Crippen LogP contribution in [0.3, 0.4) is 0 Å². The molecule has 23 heavy (non-hydrogen) atoms. The van der Waals surface area contributed by atoms with Crippen molar-refractivity contribution < 1.29 is 10.2 Å². The molecule has 10 atom stereocenters. The maximum atomic E-state index is 10.4. The Morgan fingerprint density at radius 3 is 1.39 bits per heavy atom. The standard InChI is InChI=1S/C19H38N2O2/c1-5-12-7-14(10(3)16(20)18(12)22)9-15-8-13(6-2)19(23)17(21)11(15)4/h10-19,22-23H,5-9,20-21H2,1-4H3. The van der Waals surface area contributed by atoms with E-state index in [0.717, 1.165) is 32.1 Å². The highest BCUT2D eigenvalue weighted by atomic mass is 16.3. The van der Waals surface area contributed by atoms with E-state index in [1.165, 1.54) is 0 Å². The molecule has 2 aliphatic carbocycles. The summed E-state index contributed by atoms with van der Waals surface area (Å²) in [7, 11) is 0. The first-order chi connectivity index (χ1) is 10.8. The van der Waals surface area contributed by atoms with Crippen molar-refractivity contribution in [2.75, 3.05) is 0 Å². The van der Waals surface area contributed by atoms with Crippen LogP contribution in [0, 0.1) is 35.5 Å². The van der Waals surface area contributed by atoms with Gasteiger partial charge in [-0.05, 0) is 54.8 Å². The molecule has 2 saturated carbocycles. The van der Waals surface area contributed by atoms with E-state index in [4.69, 9.17) is 11.5 Å². The van der Waals surface area contributed by atoms with Gasteiger partial charge in [-0.1, -0.05) is 40.5 Å². The number of hydrogen-bond acceptors (Lipinski definition) is 4. The molecule has 10 unspecified atom stereocenters. The lowest BCUT2D eigenvalue weighted by Crippen LogP contribution is -2.54. The highest BCUT2D eigenvalue weighted by Gasteiger charge is 2.44. The highest BCUT2D eigenvalue weighted by Crippen LogP contribution is 2.44. The van der Waals surface area contributed by atoms with Crippen LogP contribution in [-0.2, 0) is 0 Å². The molecule has 136 valence electrons. The highest BCUT2D eigenvalue weighted by molar-refractivity contribution is 4.97. The summed E-state index contributed by atoms with van der Waals surface area (Å²) < 4.78 is 0. The van der Waals surface area contributed by atoms with E-state index in [9.17, 15) is 10.2 Å². The molecule has 0 heterocycles. The molecule has 2 fully saturated rings. The number of nitrogens with two attached hydrogens (primary N) is 2. The molecule has 0 bridgehead atoms. The zero-order chi connectivity index (χ0) is 17.3. The van der Waals surface area contributed by atoms with Gasteiger partial charge in [-0.3, -0.25) is 0 Å². The molecular formula is C19H38N2O2. The summed E-state index contributed by atoms with van der Waals surface area (Å²) in [5.74, 6) is 2.47. The Balaban J connectivity index is 2.07. The third-order valence-corrected chi connectivity index (χ3v) is 7.32. The topological polar surface area (TPSA) is 92.5 Å². The Morgan fingerprint density at radius 1 is 0.739 bits per heavy atom. The minimum Gasteiger partial charge on any atom is -0.391 e. The summed E-state index contributed by atoms with van der Waals surface area (Å²) in [5.41, 5.74) is 12.6. The van der Waals surface area contributed by atoms with Crippen molar-refractivity contribution in [3.63, 3.8) is 0 Å². The normalized spacial score (nSPS) is 51.7. The van der Waals surface area contributed by atoms with E-state index in [0.29, 0.717) is 35.5 Å². The smallest absolute Gasteiger partial charge is 0.0721 e. The lowest BCUT2D eigenvalue weighted by Gasteiger charge is -2.47. The van der Waals surface area contributed by atoms with Crippen LogP contribution in [0.15, 0.2) is 0 Å². The molecule has 0 aliphatic heterocycles. The Hall–Kier alpha value is -0.160. The largest absolute Gasteiger partial charge is 0.391 e. The van der Waals surface area contributed by atoms with Crippen LogP contribution in [0.1, 0.15) is 59.8 Å². The van der Waals surface area contributed by atoms with Crippen molar-refractivity contribution in [2.24, 2.45) is 47.0 Å². The molecule has 0 saturated heterocycles. The molecule has 0 aromatic carbocycles. The Bertz CT molecular complexity index is 340. The molecule has 0 spiro atoms. The second-order valence-corrected chi connectivity index (χ2v) is 8.42. The predicted molar refractivity (Wildman–Crippen MR) is 94.7 cm³/mol. The number of hydrogen-bond donors (Lipinski definition) is 4. The molecule has 4 heteroatoms. The molecule has 6 N–H and O–H groups in total. The Labute approximate surface area is 142 Å². The van der Waals surface area contributed by atoms with E-state index >= 15 is 0 Å². The quantitative estimate of drug-likeness (QED) is 0.637. The summed E-state index contributed by atoms with van der Waals surface area (Å²) in [6.45, 7) is 8.69. The molecule has 4 nitrogen and oxygen atoms in total. The van der Waals surface area contributed by atoms with Gasteiger partial charge in [-0.25, -0.2) is 0 Å². The lowest BCUT2D eigenvalue weighted by atomic mass is 9.62. The van der Waals surface area contributed by atoms with Crippen molar-refractivity contribution >= 4 is 0 Å². The fourth-order valence-corrected chi connectivity index (χ4v) is 5.19. The predicted octanol–water partition coefficient (Wildman–Crippen LogP) is 2.12. The van der Waals surface area contributed by atoms with Gasteiger partial charge < -0.3 is 21.7 Å². The molecule has 2 rings (SSSR count). The summed E-state index contributed by atoms with van der Waals surface area (Å²) in [5, 5.41) is 20.7. The number of aliphatic hydroxyl groups is 2. The molecular weight excluding hydrogens is 288 g/mol. The SMILES string of the molecule is CCC1CC(CC2CC(CC)C(O)C(N)C2C)C(C)C(N)C1O. The van der Waals surface area contributed by atoms with Gasteiger partial charge in [0.05, 0.1) is 12.2 Å². The second kappa shape index (κ2) is 7.81. The van der Waals surface area contributed by atoms with Crippen molar-refractivity contribution in [2.45, 2.75) is 84.1 Å². The number of rotatable bonds is 4. The van der Waals surface area contributed by atoms with Crippen LogP contribution >= 0.6 is 0 Å². The van der Waals surface area contributed by atoms with Crippen molar-refractivity contribution in [1.29, 1.82) is 0 Å². The second-order valence-electron chi connectivity index (χ2n) is 8.42. The van der Waals surface area contributed by atoms with Crippen LogP contribution in [-0.4, -0.2) is 34.5 Å². The average Bonchev–Trinajstić information content (AvgIpc) is 2.55. The van der Waals surface area contributed by atoms with Gasteiger partial charge in [0.2, 0.25) is 0 Å². The van der Waals surface area contributed by atoms with Gasteiger partial charge in [0, 0.05) is 12.1 Å². The maximum absolute atomic E-state index is 10.4. The summed E-state index contributed by atoms with van der Waals surface area (Å²) in [4.78, 5) is 0. The first-order valence-electron chi connectivity index (χ1n) is 9.68. The summed E-state index contributed by atoms with van der Waals surface area (Å²) >= 11 is 0. The minimum absolute atomic E-state index is 0.112. The monoisotopic (exact) mass is 326 g/mol. The lowest BCUT2D eigenvalue weighted by molar-refractivity contribution is -0.0340. The van der Waals surface area contributed by atoms with Crippen LogP contribution in [0.2, 0.25) is 0 Å². The zero-order valence-corrected chi connectivity index (χ0v) is 15.4. The molecule has 2 aliphatic rings. The van der Waals surface area contributed by atoms with Crippen molar-refractivity contribution in [1.82, 2.24) is 0 Å². The van der Waals surface area contributed by atoms with Gasteiger partial charge in [-0.2, -0.15) is 0 Å². The summed E-state index contributed by atoms with van der Waals surface area (Å²) in [6, 6.07) is -0.224. The van der Waals surface area contributed by atoms with E-state index in [2.05, 4.69) is 27.7 Å². The molecule has 0 aromatic heterocycles. The molecule has 0 aromatic rings. The van der Waals surface area contributed by atoms with Crippen LogP contribution in [0.5, 0.6) is 0 Å². The first-order valence-corrected chi connectivity index (χ1v) is 9.68. The number of aliphatic hydroxyl groups excluding tert-OH is 2. The minimum atomic E-state index is -0.359. The molecule has 0 amide bonds. The Morgan fingerprint density at radius 2 is 1.09 bits per heavy atom. The van der Waals surface area contributed by atoms with Gasteiger partial charge >= 0.3 is 0 Å². The maximum Gasteiger partial charge on any atom is 0.0721 e. The zero-order valence-electron chi connectivity index (χ0n) is 15.4. The van der Waals surface area contributed by atoms with Gasteiger partial charge in [0.15, 0.2) is 0 Å². The van der Waals surface area contributed by atoms with E-state index in [1.807, 2.05) is 0 Å².